The lowest BCUT2D eigenvalue weighted by Crippen LogP contribution is -2.40. The third kappa shape index (κ3) is 3.75. The van der Waals surface area contributed by atoms with Crippen molar-refractivity contribution in [2.45, 2.75) is 49.0 Å². The molecule has 0 radical (unpaired) electrons. The molecule has 188 valence electrons. The first-order valence-electron chi connectivity index (χ1n) is 12.7. The molecular weight excluding hydrogens is 460 g/mol. The number of carbonyl (C=O) groups excluding carboxylic acids is 3. The molecule has 0 N–H and O–H groups in total. The molecule has 3 fully saturated rings. The Morgan fingerprint density at radius 1 is 0.972 bits per heavy atom. The number of benzene rings is 2. The van der Waals surface area contributed by atoms with Gasteiger partial charge in [-0.1, -0.05) is 42.5 Å². The monoisotopic (exact) mass is 490 g/mol. The Balaban J connectivity index is 1.12. The second-order valence-corrected chi connectivity index (χ2v) is 10.4. The second kappa shape index (κ2) is 8.62. The van der Waals surface area contributed by atoms with Crippen molar-refractivity contribution >= 4 is 18.0 Å². The Hall–Kier alpha value is -3.39. The molecule has 1 saturated carbocycles. The molecule has 1 aliphatic carbocycles. The smallest absolute Gasteiger partial charge is 0.449 e. The molecule has 4 aliphatic rings. The summed E-state index contributed by atoms with van der Waals surface area (Å²) in [6.07, 6.45) is 3.40. The number of rotatable bonds is 4. The Bertz CT molecular complexity index is 1200. The van der Waals surface area contributed by atoms with Crippen LogP contribution in [0.15, 0.2) is 48.5 Å². The Morgan fingerprint density at radius 3 is 2.39 bits per heavy atom. The summed E-state index contributed by atoms with van der Waals surface area (Å²) in [6.45, 7) is 2.33. The number of hydroxylamine groups is 2. The highest BCUT2D eigenvalue weighted by Gasteiger charge is 2.57. The zero-order valence-electron chi connectivity index (χ0n) is 20.4. The molecule has 8 heteroatoms. The van der Waals surface area contributed by atoms with E-state index < -0.39 is 17.2 Å². The van der Waals surface area contributed by atoms with Gasteiger partial charge in [-0.15, -0.1) is 5.06 Å². The largest absolute Gasteiger partial charge is 0.527 e. The highest BCUT2D eigenvalue weighted by atomic mass is 16.8. The van der Waals surface area contributed by atoms with Gasteiger partial charge in [-0.2, -0.15) is 0 Å². The first-order valence-corrected chi connectivity index (χ1v) is 12.7. The fourth-order valence-corrected chi connectivity index (χ4v) is 6.16. The van der Waals surface area contributed by atoms with Gasteiger partial charge in [-0.3, -0.25) is 4.79 Å². The lowest BCUT2D eigenvalue weighted by atomic mass is 9.87. The van der Waals surface area contributed by atoms with E-state index in [0.29, 0.717) is 44.1 Å². The quantitative estimate of drug-likeness (QED) is 0.601. The lowest BCUT2D eigenvalue weighted by molar-refractivity contribution is -0.135. The third-order valence-corrected chi connectivity index (χ3v) is 8.36. The van der Waals surface area contributed by atoms with Crippen LogP contribution in [-0.4, -0.2) is 61.3 Å². The molecule has 1 spiro atoms. The number of esters is 1. The molecule has 1 amide bonds. The third-order valence-electron chi connectivity index (χ3n) is 8.36. The number of hydrogen-bond acceptors (Lipinski definition) is 7. The summed E-state index contributed by atoms with van der Waals surface area (Å²) < 4.78 is 10.4. The second-order valence-electron chi connectivity index (χ2n) is 10.4. The standard InChI is InChI=1S/C28H30N2O6/c1-34-26(33)36-30-15-10-20(11-16-30)19-6-8-21(9-7-19)27(12-13-27)25(32)29-17-14-28(18-29)23-5-3-2-4-22(23)24(31)35-28/h2-9,20H,10-18H2,1H3. The summed E-state index contributed by atoms with van der Waals surface area (Å²) in [5, 5.41) is 1.65. The molecule has 0 bridgehead atoms. The summed E-state index contributed by atoms with van der Waals surface area (Å²) in [6, 6.07) is 16.0. The normalized spacial score (nSPS) is 24.9. The zero-order chi connectivity index (χ0) is 24.9. The van der Waals surface area contributed by atoms with E-state index in [9.17, 15) is 14.4 Å². The summed E-state index contributed by atoms with van der Waals surface area (Å²) in [5.41, 5.74) is 2.65. The van der Waals surface area contributed by atoms with Crippen LogP contribution in [0, 0.1) is 0 Å². The first-order chi connectivity index (χ1) is 17.4. The number of hydrogen-bond donors (Lipinski definition) is 0. The topological polar surface area (TPSA) is 85.4 Å². The molecule has 36 heavy (non-hydrogen) atoms. The summed E-state index contributed by atoms with van der Waals surface area (Å²) in [4.78, 5) is 44.5. The number of nitrogens with zero attached hydrogens (tertiary/aromatic N) is 2. The van der Waals surface area contributed by atoms with E-state index in [0.717, 1.165) is 36.8 Å². The number of amides is 1. The molecule has 0 aromatic heterocycles. The number of piperidine rings is 1. The predicted molar refractivity (Wildman–Crippen MR) is 129 cm³/mol. The summed E-state index contributed by atoms with van der Waals surface area (Å²) >= 11 is 0. The predicted octanol–water partition coefficient (Wildman–Crippen LogP) is 3.89. The molecule has 1 atom stereocenters. The minimum atomic E-state index is -0.713. The van der Waals surface area contributed by atoms with Gasteiger partial charge in [-0.25, -0.2) is 9.59 Å². The van der Waals surface area contributed by atoms with Crippen molar-refractivity contribution in [1.82, 2.24) is 9.96 Å². The minimum Gasteiger partial charge on any atom is -0.449 e. The Labute approximate surface area is 210 Å². The maximum absolute atomic E-state index is 13.7. The van der Waals surface area contributed by atoms with Crippen LogP contribution in [-0.2, 0) is 30.1 Å². The van der Waals surface area contributed by atoms with Gasteiger partial charge >= 0.3 is 12.1 Å². The van der Waals surface area contributed by atoms with E-state index in [2.05, 4.69) is 29.0 Å². The average Bonchev–Trinajstić information content (AvgIpc) is 3.55. The van der Waals surface area contributed by atoms with Crippen LogP contribution in [0.3, 0.4) is 0 Å². The van der Waals surface area contributed by atoms with E-state index in [-0.39, 0.29) is 11.9 Å². The molecule has 3 aliphatic heterocycles. The number of ether oxygens (including phenoxy) is 2. The van der Waals surface area contributed by atoms with Crippen molar-refractivity contribution in [3.05, 3.63) is 70.8 Å². The van der Waals surface area contributed by atoms with Crippen LogP contribution in [0.2, 0.25) is 0 Å². The van der Waals surface area contributed by atoms with Crippen LogP contribution >= 0.6 is 0 Å². The van der Waals surface area contributed by atoms with E-state index >= 15 is 0 Å². The van der Waals surface area contributed by atoms with E-state index in [1.807, 2.05) is 23.1 Å². The van der Waals surface area contributed by atoms with Crippen LogP contribution in [0.4, 0.5) is 4.79 Å². The minimum absolute atomic E-state index is 0.140. The van der Waals surface area contributed by atoms with Gasteiger partial charge in [0.2, 0.25) is 5.91 Å². The number of likely N-dealkylation sites (tertiary alicyclic amines) is 1. The molecule has 6 rings (SSSR count). The molecule has 2 saturated heterocycles. The van der Waals surface area contributed by atoms with E-state index in [4.69, 9.17) is 9.57 Å². The van der Waals surface area contributed by atoms with Gasteiger partial charge in [0, 0.05) is 31.6 Å². The molecule has 1 unspecified atom stereocenters. The molecule has 2 aromatic rings. The van der Waals surface area contributed by atoms with Crippen LogP contribution in [0.1, 0.15) is 65.1 Å². The number of fused-ring (bicyclic) bond motifs is 2. The van der Waals surface area contributed by atoms with E-state index in [1.54, 1.807) is 11.1 Å². The summed E-state index contributed by atoms with van der Waals surface area (Å²) in [7, 11) is 1.30. The number of methoxy groups -OCH3 is 1. The van der Waals surface area contributed by atoms with Crippen LogP contribution in [0.5, 0.6) is 0 Å². The molecule has 2 aromatic carbocycles. The zero-order valence-corrected chi connectivity index (χ0v) is 20.4. The summed E-state index contributed by atoms with van der Waals surface area (Å²) in [5.74, 6) is 0.234. The van der Waals surface area contributed by atoms with Crippen LogP contribution < -0.4 is 0 Å². The van der Waals surface area contributed by atoms with Gasteiger partial charge < -0.3 is 19.2 Å². The van der Waals surface area contributed by atoms with Crippen LogP contribution in [0.25, 0.3) is 0 Å². The van der Waals surface area contributed by atoms with Gasteiger partial charge in [0.05, 0.1) is 24.6 Å². The average molecular weight is 491 g/mol. The van der Waals surface area contributed by atoms with Crippen molar-refractivity contribution < 1.29 is 28.7 Å². The van der Waals surface area contributed by atoms with Gasteiger partial charge in [0.1, 0.15) is 0 Å². The van der Waals surface area contributed by atoms with Gasteiger partial charge in [0.25, 0.3) is 0 Å². The van der Waals surface area contributed by atoms with Crippen molar-refractivity contribution in [1.29, 1.82) is 0 Å². The van der Waals surface area contributed by atoms with Gasteiger partial charge in [-0.05, 0) is 48.8 Å². The SMILES string of the molecule is COC(=O)ON1CCC(c2ccc(C3(C(=O)N4CCC5(C4)OC(=O)c4ccccc45)CC3)cc2)CC1. The molecule has 8 nitrogen and oxygen atoms in total. The highest BCUT2D eigenvalue weighted by molar-refractivity contribution is 5.96. The van der Waals surface area contributed by atoms with Crippen molar-refractivity contribution in [3.8, 4) is 0 Å². The lowest BCUT2D eigenvalue weighted by Gasteiger charge is -2.30. The van der Waals surface area contributed by atoms with Crippen molar-refractivity contribution in [3.63, 3.8) is 0 Å². The van der Waals surface area contributed by atoms with Crippen molar-refractivity contribution in [2.75, 3.05) is 33.3 Å². The maximum Gasteiger partial charge on any atom is 0.527 e. The van der Waals surface area contributed by atoms with Crippen molar-refractivity contribution in [2.24, 2.45) is 0 Å². The van der Waals surface area contributed by atoms with Gasteiger partial charge in [0.15, 0.2) is 5.60 Å². The first kappa shape index (κ1) is 23.0. The fraction of sp³-hybridized carbons (Fsp3) is 0.464. The number of carbonyl (C=O) groups is 3. The Morgan fingerprint density at radius 2 is 1.69 bits per heavy atom. The fourth-order valence-electron chi connectivity index (χ4n) is 6.16. The van der Waals surface area contributed by atoms with E-state index in [1.165, 1.54) is 12.7 Å². The highest BCUT2D eigenvalue weighted by Crippen LogP contribution is 2.52. The Kier molecular flexibility index (Phi) is 5.52. The molecule has 3 heterocycles. The maximum atomic E-state index is 13.7. The molecular formula is C28H30N2O6.